The first-order chi connectivity index (χ1) is 7.56. The minimum atomic E-state index is -0.286. The van der Waals surface area contributed by atoms with Crippen LogP contribution in [0.4, 0.5) is 5.69 Å². The summed E-state index contributed by atoms with van der Waals surface area (Å²) < 4.78 is 4.74. The molecule has 0 saturated heterocycles. The first-order valence-electron chi connectivity index (χ1n) is 5.19. The quantitative estimate of drug-likeness (QED) is 0.770. The Kier molecular flexibility index (Phi) is 4.76. The van der Waals surface area contributed by atoms with Crippen molar-refractivity contribution in [1.82, 2.24) is 5.32 Å². The maximum atomic E-state index is 11.5. The van der Waals surface area contributed by atoms with Crippen LogP contribution >= 0.6 is 11.3 Å². The molecule has 0 aliphatic rings. The number of nitrogens with one attached hydrogen (secondary N) is 1. The lowest BCUT2D eigenvalue weighted by molar-refractivity contribution is -0.144. The zero-order valence-electron chi connectivity index (χ0n) is 9.82. The van der Waals surface area contributed by atoms with Crippen molar-refractivity contribution in [2.24, 2.45) is 5.92 Å². The molecule has 1 aromatic heterocycles. The molecule has 0 aliphatic heterocycles. The van der Waals surface area contributed by atoms with Crippen molar-refractivity contribution in [3.05, 3.63) is 16.3 Å². The lowest BCUT2D eigenvalue weighted by Gasteiger charge is -2.19. The third-order valence-corrected chi connectivity index (χ3v) is 3.32. The second kappa shape index (κ2) is 5.86. The molecule has 0 saturated carbocycles. The summed E-state index contributed by atoms with van der Waals surface area (Å²) in [5.74, 6) is -0.0428. The van der Waals surface area contributed by atoms with Gasteiger partial charge in [0.2, 0.25) is 0 Å². The smallest absolute Gasteiger partial charge is 0.323 e. The monoisotopic (exact) mass is 242 g/mol. The van der Waals surface area contributed by atoms with Crippen molar-refractivity contribution in [3.8, 4) is 0 Å². The molecule has 0 spiro atoms. The van der Waals surface area contributed by atoms with Crippen LogP contribution in [0.5, 0.6) is 0 Å². The van der Waals surface area contributed by atoms with Crippen LogP contribution in [0, 0.1) is 5.92 Å². The minimum absolute atomic E-state index is 0.189. The summed E-state index contributed by atoms with van der Waals surface area (Å²) in [4.78, 5) is 12.5. The Morgan fingerprint density at radius 1 is 1.62 bits per heavy atom. The van der Waals surface area contributed by atoms with E-state index in [1.807, 2.05) is 25.3 Å². The molecule has 5 heteroatoms. The second-order valence-electron chi connectivity index (χ2n) is 3.92. The molecule has 16 heavy (non-hydrogen) atoms. The summed E-state index contributed by atoms with van der Waals surface area (Å²) in [6, 6.07) is 1.58. The Labute approximate surface area is 99.8 Å². The van der Waals surface area contributed by atoms with Crippen molar-refractivity contribution >= 4 is 23.0 Å². The van der Waals surface area contributed by atoms with E-state index in [-0.39, 0.29) is 17.9 Å². The summed E-state index contributed by atoms with van der Waals surface area (Å²) in [6.45, 7) is 4.56. The third kappa shape index (κ3) is 3.21. The van der Waals surface area contributed by atoms with Gasteiger partial charge in [-0.25, -0.2) is 0 Å². The van der Waals surface area contributed by atoms with Crippen LogP contribution in [-0.2, 0) is 16.1 Å². The normalized spacial score (nSPS) is 12.8. The van der Waals surface area contributed by atoms with Gasteiger partial charge >= 0.3 is 5.97 Å². The summed E-state index contributed by atoms with van der Waals surface area (Å²) in [6.07, 6.45) is 0. The Bertz CT molecular complexity index is 350. The zero-order valence-corrected chi connectivity index (χ0v) is 10.6. The van der Waals surface area contributed by atoms with E-state index < -0.39 is 0 Å². The van der Waals surface area contributed by atoms with E-state index in [1.54, 1.807) is 11.3 Å². The van der Waals surface area contributed by atoms with Crippen LogP contribution in [0.2, 0.25) is 0 Å². The van der Waals surface area contributed by atoms with Crippen LogP contribution in [0.15, 0.2) is 11.4 Å². The molecule has 1 heterocycles. The van der Waals surface area contributed by atoms with Gasteiger partial charge in [0.15, 0.2) is 0 Å². The van der Waals surface area contributed by atoms with E-state index in [2.05, 4.69) is 5.32 Å². The number of methoxy groups -OCH3 is 1. The van der Waals surface area contributed by atoms with E-state index in [0.717, 1.165) is 10.6 Å². The van der Waals surface area contributed by atoms with Gasteiger partial charge < -0.3 is 10.5 Å². The SMILES string of the molecule is COC(=O)C(NCc1sccc1N)C(C)C. The Balaban J connectivity index is 2.57. The Morgan fingerprint density at radius 3 is 2.75 bits per heavy atom. The first-order valence-corrected chi connectivity index (χ1v) is 6.07. The molecule has 0 amide bonds. The van der Waals surface area contributed by atoms with Crippen molar-refractivity contribution < 1.29 is 9.53 Å². The largest absolute Gasteiger partial charge is 0.468 e. The van der Waals surface area contributed by atoms with Crippen LogP contribution in [-0.4, -0.2) is 19.1 Å². The van der Waals surface area contributed by atoms with Gasteiger partial charge in [0, 0.05) is 17.1 Å². The number of hydrogen-bond donors (Lipinski definition) is 2. The first kappa shape index (κ1) is 13.0. The number of hydrogen-bond acceptors (Lipinski definition) is 5. The van der Waals surface area contributed by atoms with Crippen molar-refractivity contribution in [2.75, 3.05) is 12.8 Å². The average Bonchev–Trinajstić information content (AvgIpc) is 2.64. The van der Waals surface area contributed by atoms with E-state index in [1.165, 1.54) is 7.11 Å². The average molecular weight is 242 g/mol. The molecule has 4 nitrogen and oxygen atoms in total. The zero-order chi connectivity index (χ0) is 12.1. The maximum absolute atomic E-state index is 11.5. The van der Waals surface area contributed by atoms with Gasteiger partial charge in [-0.05, 0) is 17.4 Å². The fraction of sp³-hybridized carbons (Fsp3) is 0.545. The minimum Gasteiger partial charge on any atom is -0.468 e. The summed E-state index contributed by atoms with van der Waals surface area (Å²) in [5, 5.41) is 5.11. The van der Waals surface area contributed by atoms with E-state index >= 15 is 0 Å². The summed E-state index contributed by atoms with van der Waals surface area (Å²) in [7, 11) is 1.40. The molecule has 0 radical (unpaired) electrons. The van der Waals surface area contributed by atoms with Crippen LogP contribution in [0.1, 0.15) is 18.7 Å². The lowest BCUT2D eigenvalue weighted by atomic mass is 10.0. The fourth-order valence-corrected chi connectivity index (χ4v) is 2.16. The van der Waals surface area contributed by atoms with E-state index in [0.29, 0.717) is 6.54 Å². The number of esters is 1. The number of nitrogen functional groups attached to an aromatic ring is 1. The number of carbonyl (C=O) groups is 1. The summed E-state index contributed by atoms with van der Waals surface area (Å²) in [5.41, 5.74) is 6.53. The topological polar surface area (TPSA) is 64.3 Å². The molecule has 0 aromatic carbocycles. The molecule has 3 N–H and O–H groups in total. The van der Waals surface area contributed by atoms with Gasteiger partial charge in [0.25, 0.3) is 0 Å². The lowest BCUT2D eigenvalue weighted by Crippen LogP contribution is -2.41. The molecular weight excluding hydrogens is 224 g/mol. The van der Waals surface area contributed by atoms with Gasteiger partial charge in [-0.2, -0.15) is 0 Å². The Morgan fingerprint density at radius 2 is 2.31 bits per heavy atom. The highest BCUT2D eigenvalue weighted by Crippen LogP contribution is 2.18. The number of rotatable bonds is 5. The second-order valence-corrected chi connectivity index (χ2v) is 4.93. The molecule has 1 unspecified atom stereocenters. The predicted molar refractivity (Wildman–Crippen MR) is 66.2 cm³/mol. The van der Waals surface area contributed by atoms with Crippen molar-refractivity contribution in [3.63, 3.8) is 0 Å². The number of anilines is 1. The molecule has 1 atom stereocenters. The predicted octanol–water partition coefficient (Wildman–Crippen LogP) is 1.62. The third-order valence-electron chi connectivity index (χ3n) is 2.38. The van der Waals surface area contributed by atoms with Crippen molar-refractivity contribution in [1.29, 1.82) is 0 Å². The molecule has 0 fully saturated rings. The van der Waals surface area contributed by atoms with Gasteiger partial charge in [-0.15, -0.1) is 11.3 Å². The van der Waals surface area contributed by atoms with E-state index in [4.69, 9.17) is 10.5 Å². The molecule has 1 aromatic rings. The summed E-state index contributed by atoms with van der Waals surface area (Å²) >= 11 is 1.58. The number of thiophene rings is 1. The number of ether oxygens (including phenoxy) is 1. The standard InChI is InChI=1S/C11H18N2O2S/c1-7(2)10(11(14)15-3)13-6-9-8(12)4-5-16-9/h4-5,7,10,13H,6,12H2,1-3H3. The number of nitrogens with two attached hydrogens (primary N) is 1. The van der Waals surface area contributed by atoms with Gasteiger partial charge in [-0.1, -0.05) is 13.8 Å². The van der Waals surface area contributed by atoms with Crippen LogP contribution < -0.4 is 11.1 Å². The molecular formula is C11H18N2O2S. The Hall–Kier alpha value is -1.07. The fourth-order valence-electron chi connectivity index (χ4n) is 1.41. The van der Waals surface area contributed by atoms with Crippen LogP contribution in [0.25, 0.3) is 0 Å². The highest BCUT2D eigenvalue weighted by atomic mass is 32.1. The van der Waals surface area contributed by atoms with E-state index in [9.17, 15) is 4.79 Å². The number of carbonyl (C=O) groups excluding carboxylic acids is 1. The maximum Gasteiger partial charge on any atom is 0.323 e. The van der Waals surface area contributed by atoms with Crippen molar-refractivity contribution in [2.45, 2.75) is 26.4 Å². The van der Waals surface area contributed by atoms with Gasteiger partial charge in [0.1, 0.15) is 6.04 Å². The molecule has 90 valence electrons. The molecule has 0 aliphatic carbocycles. The molecule has 1 rings (SSSR count). The van der Waals surface area contributed by atoms with Crippen LogP contribution in [0.3, 0.4) is 0 Å². The highest BCUT2D eigenvalue weighted by molar-refractivity contribution is 7.10. The van der Waals surface area contributed by atoms with Gasteiger partial charge in [-0.3, -0.25) is 10.1 Å². The van der Waals surface area contributed by atoms with Gasteiger partial charge in [0.05, 0.1) is 7.11 Å². The molecule has 0 bridgehead atoms. The highest BCUT2D eigenvalue weighted by Gasteiger charge is 2.22.